The molecule has 1 atom stereocenters. The van der Waals surface area contributed by atoms with Gasteiger partial charge >= 0.3 is 5.97 Å². The fraction of sp³-hybridized carbons (Fsp3) is 0.389. The molecule has 2 aromatic rings. The van der Waals surface area contributed by atoms with Crippen molar-refractivity contribution in [2.75, 3.05) is 25.1 Å². The van der Waals surface area contributed by atoms with Crippen LogP contribution in [0.25, 0.3) is 0 Å². The number of methoxy groups -OCH3 is 1. The molecule has 0 unspecified atom stereocenters. The van der Waals surface area contributed by atoms with Crippen LogP contribution < -0.4 is 15.4 Å². The van der Waals surface area contributed by atoms with Crippen LogP contribution in [0, 0.1) is 0 Å². The summed E-state index contributed by atoms with van der Waals surface area (Å²) in [6.45, 7) is 1.34. The van der Waals surface area contributed by atoms with Crippen molar-refractivity contribution >= 4 is 27.7 Å². The Morgan fingerprint density at radius 2 is 2.12 bits per heavy atom. The number of aromatic nitrogens is 2. The van der Waals surface area contributed by atoms with Crippen LogP contribution >= 0.6 is 15.9 Å². The molecular weight excluding hydrogens is 400 g/mol. The van der Waals surface area contributed by atoms with Crippen molar-refractivity contribution in [3.63, 3.8) is 0 Å². The number of carbonyl (C=O) groups is 1. The molecule has 2 aliphatic heterocycles. The average Bonchev–Trinajstić information content (AvgIpc) is 2.94. The number of esters is 1. The number of halogens is 1. The van der Waals surface area contributed by atoms with Gasteiger partial charge < -0.3 is 20.1 Å². The number of ether oxygens (including phenoxy) is 2. The molecule has 1 spiro atoms. The Balaban J connectivity index is 1.56. The van der Waals surface area contributed by atoms with Crippen LogP contribution in [0.3, 0.4) is 0 Å². The van der Waals surface area contributed by atoms with Crippen molar-refractivity contribution in [1.29, 1.82) is 0 Å². The molecule has 0 aliphatic carbocycles. The Kier molecular flexibility index (Phi) is 4.32. The summed E-state index contributed by atoms with van der Waals surface area (Å²) in [4.78, 5) is 22.7. The van der Waals surface area contributed by atoms with Gasteiger partial charge in [0, 0.05) is 31.5 Å². The topological polar surface area (TPSA) is 90.6 Å². The van der Waals surface area contributed by atoms with Crippen LogP contribution in [-0.2, 0) is 4.74 Å². The minimum atomic E-state index is -0.504. The Bertz CT molecular complexity index is 852. The number of piperidine rings is 1. The predicted molar refractivity (Wildman–Crippen MR) is 99.2 cm³/mol. The van der Waals surface area contributed by atoms with Gasteiger partial charge in [0.15, 0.2) is 11.5 Å². The summed E-state index contributed by atoms with van der Waals surface area (Å²) in [5.74, 6) is 0.890. The molecule has 136 valence electrons. The molecule has 8 heteroatoms. The Labute approximate surface area is 159 Å². The number of nitrogens with two attached hydrogens (primary N) is 1. The predicted octanol–water partition coefficient (Wildman–Crippen LogP) is 2.46. The fourth-order valence-electron chi connectivity index (χ4n) is 3.73. The first-order valence-corrected chi connectivity index (χ1v) is 9.23. The van der Waals surface area contributed by atoms with E-state index in [9.17, 15) is 4.79 Å². The van der Waals surface area contributed by atoms with Crippen molar-refractivity contribution < 1.29 is 14.3 Å². The first-order valence-electron chi connectivity index (χ1n) is 8.43. The summed E-state index contributed by atoms with van der Waals surface area (Å²) < 4.78 is 11.6. The molecule has 0 saturated carbocycles. The first kappa shape index (κ1) is 17.2. The molecule has 2 N–H and O–H groups in total. The van der Waals surface area contributed by atoms with Gasteiger partial charge in [0.2, 0.25) is 0 Å². The maximum Gasteiger partial charge on any atom is 0.360 e. The van der Waals surface area contributed by atoms with Crippen LogP contribution in [0.15, 0.2) is 35.1 Å². The maximum atomic E-state index is 12.1. The van der Waals surface area contributed by atoms with Crippen LogP contribution in [-0.4, -0.2) is 41.7 Å². The van der Waals surface area contributed by atoms with Gasteiger partial charge in [0.05, 0.1) is 19.3 Å². The van der Waals surface area contributed by atoms with Crippen LogP contribution in [0.5, 0.6) is 5.75 Å². The third kappa shape index (κ3) is 2.73. The minimum Gasteiger partial charge on any atom is -0.485 e. The van der Waals surface area contributed by atoms with Crippen LogP contribution in [0.1, 0.15) is 34.9 Å². The van der Waals surface area contributed by atoms with E-state index in [4.69, 9.17) is 15.2 Å². The number of anilines is 1. The van der Waals surface area contributed by atoms with E-state index < -0.39 is 11.6 Å². The summed E-state index contributed by atoms with van der Waals surface area (Å²) >= 11 is 3.25. The summed E-state index contributed by atoms with van der Waals surface area (Å²) in [5, 5.41) is 0. The lowest BCUT2D eigenvalue weighted by atomic mass is 9.83. The molecule has 4 rings (SSSR count). The van der Waals surface area contributed by atoms with Gasteiger partial charge in [-0.3, -0.25) is 0 Å². The van der Waals surface area contributed by atoms with Gasteiger partial charge in [-0.05, 0) is 22.0 Å². The average molecular weight is 419 g/mol. The smallest absolute Gasteiger partial charge is 0.360 e. The van der Waals surface area contributed by atoms with Crippen LogP contribution in [0.2, 0.25) is 0 Å². The van der Waals surface area contributed by atoms with E-state index in [0.29, 0.717) is 23.5 Å². The number of nitrogens with zero attached hydrogens (tertiary/aromatic N) is 3. The van der Waals surface area contributed by atoms with Crippen molar-refractivity contribution in [2.45, 2.75) is 24.5 Å². The molecule has 0 bridgehead atoms. The molecule has 2 aliphatic rings. The third-order valence-corrected chi connectivity index (χ3v) is 5.53. The number of rotatable bonds is 2. The van der Waals surface area contributed by atoms with E-state index in [0.717, 1.165) is 24.2 Å². The van der Waals surface area contributed by atoms with Crippen molar-refractivity contribution in [1.82, 2.24) is 9.97 Å². The Hall–Kier alpha value is -2.19. The number of hydrogen-bond acceptors (Lipinski definition) is 7. The van der Waals surface area contributed by atoms with Gasteiger partial charge in [-0.15, -0.1) is 0 Å². The summed E-state index contributed by atoms with van der Waals surface area (Å²) in [6.07, 6.45) is 3.06. The van der Waals surface area contributed by atoms with Crippen LogP contribution in [0.4, 0.5) is 5.82 Å². The van der Waals surface area contributed by atoms with Gasteiger partial charge in [-0.25, -0.2) is 14.8 Å². The number of para-hydroxylation sites is 1. The van der Waals surface area contributed by atoms with Gasteiger partial charge in [-0.1, -0.05) is 18.2 Å². The maximum absolute atomic E-state index is 12.1. The second-order valence-electron chi connectivity index (χ2n) is 6.53. The number of benzene rings is 1. The highest BCUT2D eigenvalue weighted by Gasteiger charge is 2.48. The fourth-order valence-corrected chi connectivity index (χ4v) is 4.01. The van der Waals surface area contributed by atoms with E-state index in [2.05, 4.69) is 25.9 Å². The number of fused-ring (bicyclic) bond motifs is 1. The highest BCUT2D eigenvalue weighted by Crippen LogP contribution is 2.47. The standard InChI is InChI=1S/C18H19BrN4O3/c1-25-17(24)14-16(21-10-13(19)22-14)23-8-6-18(7-9-23)15(20)11-4-2-3-5-12(11)26-18/h2-5,10,15H,6-9,20H2,1H3/t15-/m1/s1. The van der Waals surface area contributed by atoms with Gasteiger partial charge in [-0.2, -0.15) is 0 Å². The molecule has 26 heavy (non-hydrogen) atoms. The number of hydrogen-bond donors (Lipinski definition) is 1. The monoisotopic (exact) mass is 418 g/mol. The van der Waals surface area contributed by atoms with Gasteiger partial charge in [0.1, 0.15) is 16.0 Å². The third-order valence-electron chi connectivity index (χ3n) is 5.15. The van der Waals surface area contributed by atoms with Gasteiger partial charge in [0.25, 0.3) is 0 Å². The molecular formula is C18H19BrN4O3. The van der Waals surface area contributed by atoms with E-state index in [1.165, 1.54) is 7.11 Å². The normalized spacial score (nSPS) is 20.6. The highest BCUT2D eigenvalue weighted by molar-refractivity contribution is 9.10. The molecule has 1 saturated heterocycles. The molecule has 1 aromatic carbocycles. The lowest BCUT2D eigenvalue weighted by Gasteiger charge is -2.41. The van der Waals surface area contributed by atoms with Crippen molar-refractivity contribution in [2.24, 2.45) is 5.73 Å². The Morgan fingerprint density at radius 1 is 1.38 bits per heavy atom. The highest BCUT2D eigenvalue weighted by atomic mass is 79.9. The summed E-state index contributed by atoms with van der Waals surface area (Å²) in [5.41, 5.74) is 7.36. The molecule has 1 fully saturated rings. The van der Waals surface area contributed by atoms with E-state index in [1.807, 2.05) is 29.2 Å². The summed E-state index contributed by atoms with van der Waals surface area (Å²) in [7, 11) is 1.34. The van der Waals surface area contributed by atoms with Crippen molar-refractivity contribution in [3.8, 4) is 5.75 Å². The molecule has 0 radical (unpaired) electrons. The zero-order valence-electron chi connectivity index (χ0n) is 14.3. The largest absolute Gasteiger partial charge is 0.485 e. The van der Waals surface area contributed by atoms with E-state index in [1.54, 1.807) is 6.20 Å². The zero-order valence-corrected chi connectivity index (χ0v) is 15.9. The molecule has 7 nitrogen and oxygen atoms in total. The SMILES string of the molecule is COC(=O)c1nc(Br)cnc1N1CCC2(CC1)Oc1ccccc1[C@H]2N. The van der Waals surface area contributed by atoms with E-state index in [-0.39, 0.29) is 11.7 Å². The van der Waals surface area contributed by atoms with E-state index >= 15 is 0 Å². The number of carbonyl (C=O) groups excluding carboxylic acids is 1. The quantitative estimate of drug-likeness (QED) is 0.748. The molecule has 1 aromatic heterocycles. The molecule has 0 amide bonds. The zero-order chi connectivity index (χ0) is 18.3. The Morgan fingerprint density at radius 3 is 2.81 bits per heavy atom. The van der Waals surface area contributed by atoms with Crippen molar-refractivity contribution in [3.05, 3.63) is 46.3 Å². The minimum absolute atomic E-state index is 0.156. The lowest BCUT2D eigenvalue weighted by molar-refractivity contribution is 0.0429. The first-order chi connectivity index (χ1) is 12.5. The lowest BCUT2D eigenvalue weighted by Crippen LogP contribution is -2.51. The summed E-state index contributed by atoms with van der Waals surface area (Å²) in [6, 6.07) is 7.77. The second kappa shape index (κ2) is 6.51. The second-order valence-corrected chi connectivity index (χ2v) is 7.34. The molecule has 3 heterocycles.